The SMILES string of the molecule is Oc1[nH]c2ccccc2c1-c1cc(Nc2cccnc2)c2ccccc2n1. The number of aromatic amines is 1. The summed E-state index contributed by atoms with van der Waals surface area (Å²) >= 11 is 0. The first-order valence-corrected chi connectivity index (χ1v) is 8.66. The van der Waals surface area contributed by atoms with Crippen LogP contribution in [0.25, 0.3) is 33.1 Å². The van der Waals surface area contributed by atoms with Crippen LogP contribution in [-0.2, 0) is 0 Å². The van der Waals surface area contributed by atoms with Crippen LogP contribution in [0, 0.1) is 0 Å². The van der Waals surface area contributed by atoms with Crippen LogP contribution in [-0.4, -0.2) is 20.1 Å². The van der Waals surface area contributed by atoms with E-state index >= 15 is 0 Å². The van der Waals surface area contributed by atoms with Crippen LogP contribution >= 0.6 is 0 Å². The van der Waals surface area contributed by atoms with Gasteiger partial charge in [0.2, 0.25) is 0 Å². The first kappa shape index (κ1) is 15.4. The van der Waals surface area contributed by atoms with Crippen molar-refractivity contribution < 1.29 is 5.11 Å². The fraction of sp³-hybridized carbons (Fsp3) is 0. The van der Waals surface area contributed by atoms with Gasteiger partial charge >= 0.3 is 0 Å². The summed E-state index contributed by atoms with van der Waals surface area (Å²) in [4.78, 5) is 12.0. The molecule has 5 aromatic rings. The average Bonchev–Trinajstić information content (AvgIpc) is 3.04. The Hall–Kier alpha value is -3.86. The first-order valence-electron chi connectivity index (χ1n) is 8.66. The Labute approximate surface area is 155 Å². The van der Waals surface area contributed by atoms with Crippen molar-refractivity contribution in [2.24, 2.45) is 0 Å². The number of aromatic nitrogens is 3. The number of nitrogens with zero attached hydrogens (tertiary/aromatic N) is 2. The van der Waals surface area contributed by atoms with Crippen LogP contribution < -0.4 is 5.32 Å². The van der Waals surface area contributed by atoms with E-state index in [2.05, 4.69) is 15.3 Å². The molecule has 0 fully saturated rings. The molecule has 0 aliphatic carbocycles. The molecule has 27 heavy (non-hydrogen) atoms. The van der Waals surface area contributed by atoms with Crippen LogP contribution in [0.2, 0.25) is 0 Å². The summed E-state index contributed by atoms with van der Waals surface area (Å²) in [6.45, 7) is 0. The van der Waals surface area contributed by atoms with Crippen molar-refractivity contribution in [1.29, 1.82) is 0 Å². The van der Waals surface area contributed by atoms with Crippen LogP contribution in [0.3, 0.4) is 0 Å². The molecule has 0 aliphatic heterocycles. The molecule has 0 saturated heterocycles. The summed E-state index contributed by atoms with van der Waals surface area (Å²) in [7, 11) is 0. The van der Waals surface area contributed by atoms with E-state index < -0.39 is 0 Å². The molecule has 0 atom stereocenters. The van der Waals surface area contributed by atoms with Crippen LogP contribution in [0.15, 0.2) is 79.1 Å². The molecular formula is C22H16N4O. The second-order valence-corrected chi connectivity index (χ2v) is 6.33. The van der Waals surface area contributed by atoms with E-state index in [-0.39, 0.29) is 5.88 Å². The number of aromatic hydroxyl groups is 1. The van der Waals surface area contributed by atoms with E-state index in [1.54, 1.807) is 12.4 Å². The summed E-state index contributed by atoms with van der Waals surface area (Å²) in [5.74, 6) is 0.117. The van der Waals surface area contributed by atoms with Crippen molar-refractivity contribution in [3.63, 3.8) is 0 Å². The zero-order chi connectivity index (χ0) is 18.2. The third-order valence-corrected chi connectivity index (χ3v) is 4.60. The lowest BCUT2D eigenvalue weighted by Gasteiger charge is -2.12. The standard InChI is InChI=1S/C22H16N4O/c27-22-21(16-8-2-4-10-18(16)26-22)20-12-19(24-14-6-5-11-23-13-14)15-7-1-3-9-17(15)25-20/h1-13,26-27H,(H,24,25). The second kappa shape index (κ2) is 6.14. The van der Waals surface area contributed by atoms with E-state index in [4.69, 9.17) is 4.98 Å². The molecule has 0 amide bonds. The van der Waals surface area contributed by atoms with E-state index in [1.165, 1.54) is 0 Å². The van der Waals surface area contributed by atoms with Crippen molar-refractivity contribution in [3.05, 3.63) is 79.1 Å². The molecular weight excluding hydrogens is 336 g/mol. The lowest BCUT2D eigenvalue weighted by molar-refractivity contribution is 0.460. The predicted octanol–water partition coefficient (Wildman–Crippen LogP) is 5.23. The van der Waals surface area contributed by atoms with Crippen molar-refractivity contribution in [2.75, 3.05) is 5.32 Å². The first-order chi connectivity index (χ1) is 13.3. The van der Waals surface area contributed by atoms with Gasteiger partial charge in [-0.05, 0) is 30.3 Å². The zero-order valence-electron chi connectivity index (χ0n) is 14.3. The van der Waals surface area contributed by atoms with Gasteiger partial charge in [-0.1, -0.05) is 36.4 Å². The van der Waals surface area contributed by atoms with E-state index in [0.29, 0.717) is 11.3 Å². The zero-order valence-corrected chi connectivity index (χ0v) is 14.3. The predicted molar refractivity (Wildman–Crippen MR) is 108 cm³/mol. The fourth-order valence-electron chi connectivity index (χ4n) is 3.39. The summed E-state index contributed by atoms with van der Waals surface area (Å²) in [6.07, 6.45) is 3.52. The van der Waals surface area contributed by atoms with Gasteiger partial charge in [0.25, 0.3) is 0 Å². The number of H-pyrrole nitrogens is 1. The molecule has 0 unspecified atom stereocenters. The largest absolute Gasteiger partial charge is 0.494 e. The van der Waals surface area contributed by atoms with Gasteiger partial charge in [-0.15, -0.1) is 0 Å². The van der Waals surface area contributed by atoms with E-state index in [0.717, 1.165) is 33.2 Å². The second-order valence-electron chi connectivity index (χ2n) is 6.33. The molecule has 5 nitrogen and oxygen atoms in total. The number of nitrogens with one attached hydrogen (secondary N) is 2. The highest BCUT2D eigenvalue weighted by Crippen LogP contribution is 2.38. The van der Waals surface area contributed by atoms with Gasteiger partial charge in [0.1, 0.15) is 0 Å². The molecule has 0 radical (unpaired) electrons. The number of fused-ring (bicyclic) bond motifs is 2. The third-order valence-electron chi connectivity index (χ3n) is 4.60. The Bertz CT molecular complexity index is 1260. The Morgan fingerprint density at radius 1 is 0.889 bits per heavy atom. The number of hydrogen-bond donors (Lipinski definition) is 3. The maximum absolute atomic E-state index is 10.5. The quantitative estimate of drug-likeness (QED) is 0.416. The molecule has 3 aromatic heterocycles. The summed E-state index contributed by atoms with van der Waals surface area (Å²) < 4.78 is 0. The normalized spacial score (nSPS) is 11.1. The van der Waals surface area contributed by atoms with Crippen molar-refractivity contribution in [2.45, 2.75) is 0 Å². The molecule has 5 rings (SSSR count). The van der Waals surface area contributed by atoms with Crippen LogP contribution in [0.5, 0.6) is 5.88 Å². The molecule has 3 N–H and O–H groups in total. The van der Waals surface area contributed by atoms with Crippen molar-refractivity contribution in [1.82, 2.24) is 15.0 Å². The van der Waals surface area contributed by atoms with Crippen molar-refractivity contribution in [3.8, 4) is 17.1 Å². The molecule has 2 aromatic carbocycles. The minimum atomic E-state index is 0.117. The number of hydrogen-bond acceptors (Lipinski definition) is 4. The van der Waals surface area contributed by atoms with Gasteiger partial charge in [0.05, 0.1) is 34.3 Å². The Balaban J connectivity index is 1.75. The lowest BCUT2D eigenvalue weighted by Crippen LogP contribution is -1.95. The highest BCUT2D eigenvalue weighted by molar-refractivity contribution is 6.02. The fourth-order valence-corrected chi connectivity index (χ4v) is 3.39. The Morgan fingerprint density at radius 2 is 1.70 bits per heavy atom. The molecule has 0 spiro atoms. The molecule has 130 valence electrons. The smallest absolute Gasteiger partial charge is 0.199 e. The Morgan fingerprint density at radius 3 is 2.56 bits per heavy atom. The van der Waals surface area contributed by atoms with Crippen molar-refractivity contribution >= 4 is 33.2 Å². The number of benzene rings is 2. The van der Waals surface area contributed by atoms with Gasteiger partial charge in [0, 0.05) is 22.5 Å². The number of pyridine rings is 2. The van der Waals surface area contributed by atoms with E-state index in [1.807, 2.05) is 66.7 Å². The number of para-hydroxylation sites is 2. The average molecular weight is 352 g/mol. The highest BCUT2D eigenvalue weighted by Gasteiger charge is 2.16. The van der Waals surface area contributed by atoms with Crippen LogP contribution in [0.4, 0.5) is 11.4 Å². The van der Waals surface area contributed by atoms with Gasteiger partial charge in [-0.3, -0.25) is 4.98 Å². The summed E-state index contributed by atoms with van der Waals surface area (Å²) in [6, 6.07) is 21.6. The molecule has 5 heteroatoms. The summed E-state index contributed by atoms with van der Waals surface area (Å²) in [5, 5.41) is 15.9. The van der Waals surface area contributed by atoms with E-state index in [9.17, 15) is 5.11 Å². The van der Waals surface area contributed by atoms with Gasteiger partial charge in [-0.25, -0.2) is 4.98 Å². The van der Waals surface area contributed by atoms with Gasteiger partial charge in [-0.2, -0.15) is 0 Å². The monoisotopic (exact) mass is 352 g/mol. The maximum Gasteiger partial charge on any atom is 0.199 e. The maximum atomic E-state index is 10.5. The minimum absolute atomic E-state index is 0.117. The molecule has 3 heterocycles. The third kappa shape index (κ3) is 2.66. The lowest BCUT2D eigenvalue weighted by atomic mass is 10.1. The van der Waals surface area contributed by atoms with Crippen LogP contribution in [0.1, 0.15) is 0 Å². The minimum Gasteiger partial charge on any atom is -0.494 e. The number of rotatable bonds is 3. The Kier molecular flexibility index (Phi) is 3.50. The molecule has 0 saturated carbocycles. The molecule has 0 bridgehead atoms. The molecule has 0 aliphatic rings. The topological polar surface area (TPSA) is 73.8 Å². The number of anilines is 2. The summed E-state index contributed by atoms with van der Waals surface area (Å²) in [5.41, 5.74) is 4.93. The van der Waals surface area contributed by atoms with Gasteiger partial charge < -0.3 is 15.4 Å². The highest BCUT2D eigenvalue weighted by atomic mass is 16.3. The van der Waals surface area contributed by atoms with Gasteiger partial charge in [0.15, 0.2) is 5.88 Å².